The zero-order chi connectivity index (χ0) is 15.5. The van der Waals surface area contributed by atoms with Crippen molar-refractivity contribution in [3.05, 3.63) is 54.1 Å². The van der Waals surface area contributed by atoms with Crippen LogP contribution in [0.3, 0.4) is 0 Å². The SMILES string of the molecule is O=C(Cl)Oc1ccc(Oc2ccc(C(F)(F)F)cc2)cc1. The summed E-state index contributed by atoms with van der Waals surface area (Å²) in [5, 5.41) is 0. The fraction of sp³-hybridized carbons (Fsp3) is 0.0714. The third-order valence-electron chi connectivity index (χ3n) is 2.44. The Morgan fingerprint density at radius 1 is 0.857 bits per heavy atom. The van der Waals surface area contributed by atoms with Gasteiger partial charge in [0.15, 0.2) is 0 Å². The van der Waals surface area contributed by atoms with Crippen molar-refractivity contribution in [1.29, 1.82) is 0 Å². The van der Waals surface area contributed by atoms with Gasteiger partial charge in [0.1, 0.15) is 17.2 Å². The molecule has 0 spiro atoms. The monoisotopic (exact) mass is 316 g/mol. The minimum Gasteiger partial charge on any atom is -0.457 e. The minimum atomic E-state index is -4.38. The van der Waals surface area contributed by atoms with Crippen LogP contribution >= 0.6 is 11.6 Å². The van der Waals surface area contributed by atoms with Crippen LogP contribution in [0.25, 0.3) is 0 Å². The topological polar surface area (TPSA) is 35.5 Å². The van der Waals surface area contributed by atoms with Crippen LogP contribution in [0.4, 0.5) is 18.0 Å². The Balaban J connectivity index is 2.06. The predicted octanol–water partition coefficient (Wildman–Crippen LogP) is 5.24. The molecule has 0 bridgehead atoms. The summed E-state index contributed by atoms with van der Waals surface area (Å²) in [6, 6.07) is 10.2. The Labute approximate surface area is 122 Å². The summed E-state index contributed by atoms with van der Waals surface area (Å²) >= 11 is 5.05. The van der Waals surface area contributed by atoms with Crippen molar-refractivity contribution < 1.29 is 27.4 Å². The Morgan fingerprint density at radius 2 is 1.29 bits per heavy atom. The van der Waals surface area contributed by atoms with Gasteiger partial charge in [-0.2, -0.15) is 13.2 Å². The second kappa shape index (κ2) is 6.05. The van der Waals surface area contributed by atoms with Crippen molar-refractivity contribution in [2.75, 3.05) is 0 Å². The molecule has 2 aromatic carbocycles. The van der Waals surface area contributed by atoms with E-state index >= 15 is 0 Å². The average molecular weight is 317 g/mol. The van der Waals surface area contributed by atoms with Crippen molar-refractivity contribution in [3.63, 3.8) is 0 Å². The van der Waals surface area contributed by atoms with Gasteiger partial charge in [-0.1, -0.05) is 0 Å². The highest BCUT2D eigenvalue weighted by Crippen LogP contribution is 2.31. The molecule has 0 saturated carbocycles. The zero-order valence-electron chi connectivity index (χ0n) is 10.4. The molecule has 0 aliphatic heterocycles. The van der Waals surface area contributed by atoms with Crippen molar-refractivity contribution in [3.8, 4) is 17.2 Å². The van der Waals surface area contributed by atoms with E-state index in [4.69, 9.17) is 16.3 Å². The van der Waals surface area contributed by atoms with E-state index < -0.39 is 17.2 Å². The zero-order valence-corrected chi connectivity index (χ0v) is 11.1. The van der Waals surface area contributed by atoms with Crippen LogP contribution in [-0.4, -0.2) is 5.43 Å². The maximum Gasteiger partial charge on any atom is 0.416 e. The van der Waals surface area contributed by atoms with Gasteiger partial charge in [0.05, 0.1) is 5.56 Å². The number of hydrogen-bond donors (Lipinski definition) is 0. The smallest absolute Gasteiger partial charge is 0.416 e. The number of carbonyl (C=O) groups is 1. The first-order valence-corrected chi connectivity index (χ1v) is 6.05. The van der Waals surface area contributed by atoms with Crippen molar-refractivity contribution in [2.24, 2.45) is 0 Å². The molecule has 3 nitrogen and oxygen atoms in total. The summed E-state index contributed by atoms with van der Waals surface area (Å²) in [4.78, 5) is 10.5. The van der Waals surface area contributed by atoms with Gasteiger partial charge in [0, 0.05) is 11.6 Å². The number of ether oxygens (including phenoxy) is 2. The van der Waals surface area contributed by atoms with Crippen LogP contribution in [0.5, 0.6) is 17.2 Å². The molecule has 0 amide bonds. The van der Waals surface area contributed by atoms with Gasteiger partial charge >= 0.3 is 11.6 Å². The Bertz CT molecular complexity index is 621. The van der Waals surface area contributed by atoms with Crippen molar-refractivity contribution in [1.82, 2.24) is 0 Å². The van der Waals surface area contributed by atoms with E-state index in [0.717, 1.165) is 12.1 Å². The summed E-state index contributed by atoms with van der Waals surface area (Å²) in [6.45, 7) is 0. The molecule has 0 N–H and O–H groups in total. The van der Waals surface area contributed by atoms with Crippen LogP contribution in [0.2, 0.25) is 0 Å². The lowest BCUT2D eigenvalue weighted by Crippen LogP contribution is -2.03. The van der Waals surface area contributed by atoms with Crippen LogP contribution in [0, 0.1) is 0 Å². The lowest BCUT2D eigenvalue weighted by Gasteiger charge is -2.09. The highest BCUT2D eigenvalue weighted by atomic mass is 35.5. The first-order valence-electron chi connectivity index (χ1n) is 5.67. The van der Waals surface area contributed by atoms with Crippen LogP contribution in [0.15, 0.2) is 48.5 Å². The number of alkyl halides is 3. The van der Waals surface area contributed by atoms with Gasteiger partial charge < -0.3 is 9.47 Å². The van der Waals surface area contributed by atoms with Crippen LogP contribution < -0.4 is 9.47 Å². The summed E-state index contributed by atoms with van der Waals surface area (Å²) in [5.74, 6) is 0.865. The van der Waals surface area contributed by atoms with E-state index in [0.29, 0.717) is 5.75 Å². The summed E-state index contributed by atoms with van der Waals surface area (Å²) in [5.41, 5.74) is -1.72. The van der Waals surface area contributed by atoms with Gasteiger partial charge in [-0.05, 0) is 48.5 Å². The highest BCUT2D eigenvalue weighted by molar-refractivity contribution is 6.61. The minimum absolute atomic E-state index is 0.231. The third kappa shape index (κ3) is 4.39. The van der Waals surface area contributed by atoms with Crippen LogP contribution in [-0.2, 0) is 6.18 Å². The Kier molecular flexibility index (Phi) is 4.37. The summed E-state index contributed by atoms with van der Waals surface area (Å²) in [7, 11) is 0. The second-order valence-corrected chi connectivity index (χ2v) is 4.24. The standard InChI is InChI=1S/C14H8ClF3O3/c15-13(19)21-12-7-5-11(6-8-12)20-10-3-1-9(2-4-10)14(16,17)18/h1-8H. The van der Waals surface area contributed by atoms with Gasteiger partial charge in [0.25, 0.3) is 0 Å². The van der Waals surface area contributed by atoms with E-state index in [-0.39, 0.29) is 11.5 Å². The van der Waals surface area contributed by atoms with Gasteiger partial charge in [-0.3, -0.25) is 0 Å². The quantitative estimate of drug-likeness (QED) is 0.727. The second-order valence-electron chi connectivity index (χ2n) is 3.94. The Morgan fingerprint density at radius 3 is 1.71 bits per heavy atom. The number of hydrogen-bond acceptors (Lipinski definition) is 3. The van der Waals surface area contributed by atoms with Crippen molar-refractivity contribution >= 4 is 17.0 Å². The van der Waals surface area contributed by atoms with Gasteiger partial charge in [-0.15, -0.1) is 0 Å². The Hall–Kier alpha value is -2.21. The molecule has 0 aliphatic carbocycles. The number of rotatable bonds is 3. The predicted molar refractivity (Wildman–Crippen MR) is 69.8 cm³/mol. The molecule has 0 aliphatic rings. The molecule has 0 unspecified atom stereocenters. The average Bonchev–Trinajstić information content (AvgIpc) is 2.40. The largest absolute Gasteiger partial charge is 0.457 e. The fourth-order valence-electron chi connectivity index (χ4n) is 1.52. The molecule has 7 heteroatoms. The number of benzene rings is 2. The van der Waals surface area contributed by atoms with Crippen LogP contribution in [0.1, 0.15) is 5.56 Å². The summed E-state index contributed by atoms with van der Waals surface area (Å²) in [6.07, 6.45) is -4.38. The van der Waals surface area contributed by atoms with E-state index in [2.05, 4.69) is 4.74 Å². The van der Waals surface area contributed by atoms with Gasteiger partial charge in [-0.25, -0.2) is 4.79 Å². The molecule has 0 heterocycles. The van der Waals surface area contributed by atoms with E-state index in [9.17, 15) is 18.0 Å². The van der Waals surface area contributed by atoms with E-state index in [1.807, 2.05) is 0 Å². The molecule has 0 atom stereocenters. The number of halogens is 4. The molecule has 2 aromatic rings. The maximum absolute atomic E-state index is 12.4. The summed E-state index contributed by atoms with van der Waals surface area (Å²) < 4.78 is 47.2. The van der Waals surface area contributed by atoms with E-state index in [1.165, 1.54) is 36.4 Å². The molecular formula is C14H8ClF3O3. The first kappa shape index (κ1) is 15.2. The maximum atomic E-state index is 12.4. The molecule has 2 rings (SSSR count). The van der Waals surface area contributed by atoms with E-state index in [1.54, 1.807) is 0 Å². The molecular weight excluding hydrogens is 309 g/mol. The molecule has 0 aromatic heterocycles. The molecule has 0 radical (unpaired) electrons. The number of carbonyl (C=O) groups excluding carboxylic acids is 1. The third-order valence-corrected chi connectivity index (χ3v) is 2.52. The normalized spacial score (nSPS) is 11.0. The lowest BCUT2D eigenvalue weighted by atomic mass is 10.2. The lowest BCUT2D eigenvalue weighted by molar-refractivity contribution is -0.137. The van der Waals surface area contributed by atoms with Gasteiger partial charge in [0.2, 0.25) is 0 Å². The fourth-order valence-corrected chi connectivity index (χ4v) is 1.61. The molecule has 21 heavy (non-hydrogen) atoms. The molecule has 0 fully saturated rings. The molecule has 110 valence electrons. The van der Waals surface area contributed by atoms with Crippen molar-refractivity contribution in [2.45, 2.75) is 6.18 Å². The first-order chi connectivity index (χ1) is 9.84. The highest BCUT2D eigenvalue weighted by Gasteiger charge is 2.30. The molecule has 0 saturated heterocycles.